The van der Waals surface area contributed by atoms with E-state index in [1.54, 1.807) is 16.7 Å². The number of hydrogen-bond acceptors (Lipinski definition) is 4. The van der Waals surface area contributed by atoms with E-state index in [1.807, 2.05) is 31.2 Å². The molecule has 1 fully saturated rings. The van der Waals surface area contributed by atoms with Crippen molar-refractivity contribution in [3.05, 3.63) is 35.4 Å². The number of amides is 2. The van der Waals surface area contributed by atoms with Gasteiger partial charge in [-0.3, -0.25) is 9.59 Å². The molecule has 1 aliphatic rings. The SMILES string of the molecule is CCC1SCC(C(=O)NC(C)CCCN(CC)CC)N1C(=O)c1cccc(C)c1. The van der Waals surface area contributed by atoms with Gasteiger partial charge in [0.05, 0.1) is 5.37 Å². The number of rotatable bonds is 10. The van der Waals surface area contributed by atoms with Gasteiger partial charge in [-0.25, -0.2) is 0 Å². The quantitative estimate of drug-likeness (QED) is 0.625. The lowest BCUT2D eigenvalue weighted by atomic mass is 10.1. The number of benzene rings is 1. The minimum Gasteiger partial charge on any atom is -0.352 e. The molecule has 3 unspecified atom stereocenters. The molecule has 1 heterocycles. The van der Waals surface area contributed by atoms with E-state index < -0.39 is 6.04 Å². The van der Waals surface area contributed by atoms with Crippen molar-refractivity contribution in [1.29, 1.82) is 0 Å². The molecule has 1 saturated heterocycles. The summed E-state index contributed by atoms with van der Waals surface area (Å²) in [5.74, 6) is 0.596. The van der Waals surface area contributed by atoms with Gasteiger partial charge in [0.1, 0.15) is 6.04 Å². The number of nitrogens with zero attached hydrogens (tertiary/aromatic N) is 2. The Bertz CT molecular complexity index is 678. The van der Waals surface area contributed by atoms with E-state index in [-0.39, 0.29) is 23.2 Å². The molecule has 29 heavy (non-hydrogen) atoms. The third-order valence-corrected chi connectivity index (χ3v) is 7.09. The molecule has 6 heteroatoms. The molecule has 0 radical (unpaired) electrons. The number of aryl methyl sites for hydroxylation is 1. The molecule has 0 saturated carbocycles. The normalized spacial score (nSPS) is 20.1. The Hall–Kier alpha value is -1.53. The highest BCUT2D eigenvalue weighted by molar-refractivity contribution is 8.00. The summed E-state index contributed by atoms with van der Waals surface area (Å²) in [6, 6.07) is 7.35. The molecule has 162 valence electrons. The minimum absolute atomic E-state index is 0.0233. The highest BCUT2D eigenvalue weighted by Gasteiger charge is 2.41. The molecule has 1 N–H and O–H groups in total. The van der Waals surface area contributed by atoms with Crippen LogP contribution in [-0.2, 0) is 4.79 Å². The van der Waals surface area contributed by atoms with Gasteiger partial charge < -0.3 is 15.1 Å². The first-order valence-corrected chi connectivity index (χ1v) is 12.0. The molecule has 0 spiro atoms. The fourth-order valence-corrected chi connectivity index (χ4v) is 5.21. The summed E-state index contributed by atoms with van der Waals surface area (Å²) in [6.45, 7) is 13.7. The van der Waals surface area contributed by atoms with Gasteiger partial charge in [0.25, 0.3) is 5.91 Å². The third-order valence-electron chi connectivity index (χ3n) is 5.64. The van der Waals surface area contributed by atoms with Crippen molar-refractivity contribution >= 4 is 23.6 Å². The summed E-state index contributed by atoms with van der Waals surface area (Å²) in [7, 11) is 0. The molecule has 5 nitrogen and oxygen atoms in total. The maximum atomic E-state index is 13.2. The highest BCUT2D eigenvalue weighted by atomic mass is 32.2. The molecule has 0 bridgehead atoms. The Balaban J connectivity index is 1.99. The Labute approximate surface area is 180 Å². The van der Waals surface area contributed by atoms with Gasteiger partial charge >= 0.3 is 0 Å². The standard InChI is InChI=1S/C23H37N3O2S/c1-6-21-26(23(28)19-13-9-11-17(4)15-19)20(16-29-21)22(27)24-18(5)12-10-14-25(7-2)8-3/h9,11,13,15,18,20-21H,6-8,10,12,14,16H2,1-5H3,(H,24,27). The summed E-state index contributed by atoms with van der Waals surface area (Å²) in [5, 5.41) is 3.21. The maximum absolute atomic E-state index is 13.2. The van der Waals surface area contributed by atoms with Crippen molar-refractivity contribution in [2.24, 2.45) is 0 Å². The van der Waals surface area contributed by atoms with Crippen LogP contribution in [0, 0.1) is 6.92 Å². The van der Waals surface area contributed by atoms with Crippen LogP contribution in [0.15, 0.2) is 24.3 Å². The Morgan fingerprint density at radius 2 is 2.00 bits per heavy atom. The van der Waals surface area contributed by atoms with E-state index in [0.29, 0.717) is 11.3 Å². The largest absolute Gasteiger partial charge is 0.352 e. The van der Waals surface area contributed by atoms with Crippen molar-refractivity contribution in [2.45, 2.75) is 71.3 Å². The Kier molecular flexibility index (Phi) is 9.50. The van der Waals surface area contributed by atoms with Crippen LogP contribution in [0.1, 0.15) is 62.9 Å². The molecule has 0 aromatic heterocycles. The van der Waals surface area contributed by atoms with Gasteiger partial charge in [0, 0.05) is 17.4 Å². The van der Waals surface area contributed by atoms with Crippen molar-refractivity contribution in [2.75, 3.05) is 25.4 Å². The summed E-state index contributed by atoms with van der Waals surface area (Å²) >= 11 is 1.71. The van der Waals surface area contributed by atoms with Crippen molar-refractivity contribution in [1.82, 2.24) is 15.1 Å². The van der Waals surface area contributed by atoms with Gasteiger partial charge in [-0.05, 0) is 64.9 Å². The third kappa shape index (κ3) is 6.48. The van der Waals surface area contributed by atoms with Crippen molar-refractivity contribution in [3.8, 4) is 0 Å². The Morgan fingerprint density at radius 3 is 2.62 bits per heavy atom. The average molecular weight is 420 g/mol. The second kappa shape index (κ2) is 11.6. The van der Waals surface area contributed by atoms with Crippen LogP contribution in [0.3, 0.4) is 0 Å². The monoisotopic (exact) mass is 419 g/mol. The molecule has 2 rings (SSSR count). The lowest BCUT2D eigenvalue weighted by Crippen LogP contribution is -2.51. The molecule has 1 aliphatic heterocycles. The molecule has 2 amide bonds. The van der Waals surface area contributed by atoms with Crippen LogP contribution >= 0.6 is 11.8 Å². The molecule has 1 aromatic carbocycles. The van der Waals surface area contributed by atoms with E-state index in [2.05, 4.69) is 37.9 Å². The molecule has 1 aromatic rings. The fourth-order valence-electron chi connectivity index (χ4n) is 3.85. The average Bonchev–Trinajstić information content (AvgIpc) is 3.15. The first kappa shape index (κ1) is 23.7. The predicted molar refractivity (Wildman–Crippen MR) is 122 cm³/mol. The van der Waals surface area contributed by atoms with Gasteiger partial charge in [-0.1, -0.05) is 38.5 Å². The topological polar surface area (TPSA) is 52.7 Å². The van der Waals surface area contributed by atoms with Crippen LogP contribution in [0.5, 0.6) is 0 Å². The van der Waals surface area contributed by atoms with E-state index >= 15 is 0 Å². The molecule has 0 aliphatic carbocycles. The second-order valence-corrected chi connectivity index (χ2v) is 9.08. The minimum atomic E-state index is -0.400. The number of hydrogen-bond donors (Lipinski definition) is 1. The van der Waals surface area contributed by atoms with E-state index in [9.17, 15) is 9.59 Å². The van der Waals surface area contributed by atoms with Crippen LogP contribution in [0.25, 0.3) is 0 Å². The van der Waals surface area contributed by atoms with E-state index in [0.717, 1.165) is 44.5 Å². The highest BCUT2D eigenvalue weighted by Crippen LogP contribution is 2.33. The van der Waals surface area contributed by atoms with Crippen LogP contribution < -0.4 is 5.32 Å². The number of nitrogens with one attached hydrogen (secondary N) is 1. The molecule has 3 atom stereocenters. The first-order valence-electron chi connectivity index (χ1n) is 10.9. The predicted octanol–water partition coefficient (Wildman–Crippen LogP) is 3.92. The lowest BCUT2D eigenvalue weighted by Gasteiger charge is -2.29. The van der Waals surface area contributed by atoms with E-state index in [4.69, 9.17) is 0 Å². The number of carbonyl (C=O) groups excluding carboxylic acids is 2. The summed E-state index contributed by atoms with van der Waals surface area (Å²) in [4.78, 5) is 30.4. The second-order valence-electron chi connectivity index (χ2n) is 7.87. The number of thioether (sulfide) groups is 1. The van der Waals surface area contributed by atoms with Gasteiger partial charge in [-0.2, -0.15) is 0 Å². The van der Waals surface area contributed by atoms with Crippen molar-refractivity contribution < 1.29 is 9.59 Å². The van der Waals surface area contributed by atoms with Crippen LogP contribution in [0.4, 0.5) is 0 Å². The first-order chi connectivity index (χ1) is 13.9. The van der Waals surface area contributed by atoms with Crippen LogP contribution in [0.2, 0.25) is 0 Å². The summed E-state index contributed by atoms with van der Waals surface area (Å²) in [6.07, 6.45) is 2.85. The van der Waals surface area contributed by atoms with Gasteiger partial charge in [-0.15, -0.1) is 11.8 Å². The summed E-state index contributed by atoms with van der Waals surface area (Å²) < 4.78 is 0. The van der Waals surface area contributed by atoms with Gasteiger partial charge in [0.15, 0.2) is 0 Å². The number of carbonyl (C=O) groups is 2. The van der Waals surface area contributed by atoms with Crippen molar-refractivity contribution in [3.63, 3.8) is 0 Å². The lowest BCUT2D eigenvalue weighted by molar-refractivity contribution is -0.125. The fraction of sp³-hybridized carbons (Fsp3) is 0.652. The van der Waals surface area contributed by atoms with Gasteiger partial charge in [0.2, 0.25) is 5.91 Å². The molecular formula is C23H37N3O2S. The Morgan fingerprint density at radius 1 is 1.28 bits per heavy atom. The zero-order chi connectivity index (χ0) is 21.4. The maximum Gasteiger partial charge on any atom is 0.255 e. The molecular weight excluding hydrogens is 382 g/mol. The van der Waals surface area contributed by atoms with Crippen LogP contribution in [-0.4, -0.2) is 64.5 Å². The van der Waals surface area contributed by atoms with E-state index in [1.165, 1.54) is 0 Å². The smallest absolute Gasteiger partial charge is 0.255 e. The zero-order valence-electron chi connectivity index (χ0n) is 18.6. The summed E-state index contributed by atoms with van der Waals surface area (Å²) in [5.41, 5.74) is 1.72. The zero-order valence-corrected chi connectivity index (χ0v) is 19.4.